The van der Waals surface area contributed by atoms with Crippen molar-refractivity contribution >= 4 is 52.1 Å². The minimum atomic E-state index is -0.803. The van der Waals surface area contributed by atoms with Gasteiger partial charge in [-0.3, -0.25) is 14.5 Å². The molecule has 7 heteroatoms. The molecule has 3 rings (SSSR count). The van der Waals surface area contributed by atoms with Gasteiger partial charge < -0.3 is 10.6 Å². The molecule has 0 aliphatic carbocycles. The molecule has 1 aliphatic heterocycles. The maximum absolute atomic E-state index is 12.8. The highest BCUT2D eigenvalue weighted by Gasteiger charge is 2.39. The third kappa shape index (κ3) is 3.57. The maximum atomic E-state index is 12.8. The lowest BCUT2D eigenvalue weighted by atomic mass is 9.98. The number of amides is 2. The van der Waals surface area contributed by atoms with Crippen molar-refractivity contribution in [3.8, 4) is 0 Å². The van der Waals surface area contributed by atoms with Crippen molar-refractivity contribution in [2.24, 2.45) is 0 Å². The van der Waals surface area contributed by atoms with Crippen molar-refractivity contribution in [3.05, 3.63) is 52.5 Å². The number of benzene rings is 2. The van der Waals surface area contributed by atoms with Crippen LogP contribution in [0.2, 0.25) is 10.0 Å². The molecule has 1 heterocycles. The molecule has 2 amide bonds. The molecule has 0 unspecified atom stereocenters. The van der Waals surface area contributed by atoms with E-state index in [0.29, 0.717) is 21.4 Å². The van der Waals surface area contributed by atoms with Crippen molar-refractivity contribution < 1.29 is 9.59 Å². The Kier molecular flexibility index (Phi) is 4.62. The number of hydrogen-bond acceptors (Lipinski definition) is 3. The molecule has 0 fully saturated rings. The summed E-state index contributed by atoms with van der Waals surface area (Å²) in [5, 5.41) is 6.74. The molecule has 0 aromatic heterocycles. The van der Waals surface area contributed by atoms with Gasteiger partial charge in [0, 0.05) is 5.02 Å². The molecule has 0 radical (unpaired) electrons. The van der Waals surface area contributed by atoms with Gasteiger partial charge in [-0.2, -0.15) is 0 Å². The highest BCUT2D eigenvalue weighted by molar-refractivity contribution is 6.35. The number of carbonyl (C=O) groups excluding carboxylic acids is 2. The zero-order valence-electron chi connectivity index (χ0n) is 13.8. The lowest BCUT2D eigenvalue weighted by Crippen LogP contribution is -2.55. The lowest BCUT2D eigenvalue weighted by molar-refractivity contribution is -0.124. The number of hydrogen-bond donors (Lipinski definition) is 2. The molecular formula is C18H17Cl2N3O2. The zero-order chi connectivity index (χ0) is 18.2. The van der Waals surface area contributed by atoms with Gasteiger partial charge in [-0.05, 0) is 44.2 Å². The quantitative estimate of drug-likeness (QED) is 0.843. The number of nitrogens with one attached hydrogen (secondary N) is 2. The van der Waals surface area contributed by atoms with Crippen molar-refractivity contribution in [1.29, 1.82) is 0 Å². The van der Waals surface area contributed by atoms with Crippen LogP contribution in [-0.4, -0.2) is 23.9 Å². The average Bonchev–Trinajstić information content (AvgIpc) is 2.55. The first-order valence-electron chi connectivity index (χ1n) is 7.72. The Balaban J connectivity index is 1.85. The van der Waals surface area contributed by atoms with Crippen molar-refractivity contribution in [3.63, 3.8) is 0 Å². The molecule has 0 saturated carbocycles. The molecule has 130 valence electrons. The van der Waals surface area contributed by atoms with E-state index in [2.05, 4.69) is 10.6 Å². The van der Waals surface area contributed by atoms with Gasteiger partial charge in [0.2, 0.25) is 5.91 Å². The van der Waals surface area contributed by atoms with Crippen LogP contribution in [0.4, 0.5) is 17.1 Å². The van der Waals surface area contributed by atoms with Crippen molar-refractivity contribution in [2.45, 2.75) is 19.4 Å². The third-order valence-electron chi connectivity index (χ3n) is 3.93. The monoisotopic (exact) mass is 377 g/mol. The normalized spacial score (nSPS) is 15.4. The number of fused-ring (bicyclic) bond motifs is 1. The molecule has 2 aromatic rings. The molecule has 0 spiro atoms. The highest BCUT2D eigenvalue weighted by atomic mass is 35.5. The van der Waals surface area contributed by atoms with Crippen LogP contribution in [-0.2, 0) is 9.59 Å². The Labute approximate surface area is 155 Å². The standard InChI is InChI=1S/C18H17Cl2N3O2/c1-18(2)17(25)23(15-6-4-3-5-13(15)22-18)10-16(24)21-14-9-11(19)7-8-12(14)20/h3-9,22H,10H2,1-2H3,(H,21,24). The molecule has 2 aromatic carbocycles. The van der Waals surface area contributed by atoms with E-state index in [4.69, 9.17) is 23.2 Å². The van der Waals surface area contributed by atoms with Gasteiger partial charge in [-0.25, -0.2) is 0 Å². The second-order valence-electron chi connectivity index (χ2n) is 6.33. The summed E-state index contributed by atoms with van der Waals surface area (Å²) >= 11 is 12.0. The van der Waals surface area contributed by atoms with E-state index in [0.717, 1.165) is 5.69 Å². The van der Waals surface area contributed by atoms with Crippen LogP contribution in [0.15, 0.2) is 42.5 Å². The number of carbonyl (C=O) groups is 2. The van der Waals surface area contributed by atoms with E-state index in [9.17, 15) is 9.59 Å². The third-order valence-corrected chi connectivity index (χ3v) is 4.49. The van der Waals surface area contributed by atoms with Crippen LogP contribution in [0.3, 0.4) is 0 Å². The van der Waals surface area contributed by atoms with Crippen LogP contribution in [0.1, 0.15) is 13.8 Å². The van der Waals surface area contributed by atoms with Gasteiger partial charge in [0.15, 0.2) is 0 Å². The molecule has 0 atom stereocenters. The summed E-state index contributed by atoms with van der Waals surface area (Å²) in [6.07, 6.45) is 0. The first-order chi connectivity index (χ1) is 11.8. The van der Waals surface area contributed by atoms with Crippen LogP contribution >= 0.6 is 23.2 Å². The summed E-state index contributed by atoms with van der Waals surface area (Å²) in [6.45, 7) is 3.44. The summed E-state index contributed by atoms with van der Waals surface area (Å²) in [5.41, 5.74) is 1.08. The number of nitrogens with zero attached hydrogens (tertiary/aromatic N) is 1. The van der Waals surface area contributed by atoms with Gasteiger partial charge in [-0.15, -0.1) is 0 Å². The summed E-state index contributed by atoms with van der Waals surface area (Å²) in [7, 11) is 0. The van der Waals surface area contributed by atoms with Crippen molar-refractivity contribution in [2.75, 3.05) is 22.1 Å². The highest BCUT2D eigenvalue weighted by Crippen LogP contribution is 2.35. The molecule has 2 N–H and O–H groups in total. The van der Waals surface area contributed by atoms with Gasteiger partial charge >= 0.3 is 0 Å². The SMILES string of the molecule is CC1(C)Nc2ccccc2N(CC(=O)Nc2cc(Cl)ccc2Cl)C1=O. The summed E-state index contributed by atoms with van der Waals surface area (Å²) in [6, 6.07) is 12.2. The van der Waals surface area contributed by atoms with Gasteiger partial charge in [0.1, 0.15) is 12.1 Å². The molecule has 0 bridgehead atoms. The predicted molar refractivity (Wildman–Crippen MR) is 102 cm³/mol. The van der Waals surface area contributed by atoms with Crippen LogP contribution < -0.4 is 15.5 Å². The maximum Gasteiger partial charge on any atom is 0.252 e. The second-order valence-corrected chi connectivity index (χ2v) is 7.17. The Morgan fingerprint density at radius 1 is 1.20 bits per heavy atom. The van der Waals surface area contributed by atoms with Gasteiger partial charge in [0.25, 0.3) is 5.91 Å². The molecule has 0 saturated heterocycles. The van der Waals surface area contributed by atoms with Crippen LogP contribution in [0.25, 0.3) is 0 Å². The van der Waals surface area contributed by atoms with Crippen molar-refractivity contribution in [1.82, 2.24) is 0 Å². The van der Waals surface area contributed by atoms with Gasteiger partial charge in [0.05, 0.1) is 22.1 Å². The first kappa shape index (κ1) is 17.6. The number of halogens is 2. The zero-order valence-corrected chi connectivity index (χ0v) is 15.3. The Hall–Kier alpha value is -2.24. The predicted octanol–water partition coefficient (Wildman–Crippen LogP) is 4.17. The summed E-state index contributed by atoms with van der Waals surface area (Å²) in [5.74, 6) is -0.538. The lowest BCUT2D eigenvalue weighted by Gasteiger charge is -2.39. The van der Waals surface area contributed by atoms with E-state index in [1.54, 1.807) is 38.1 Å². The second kappa shape index (κ2) is 6.58. The number of rotatable bonds is 3. The van der Waals surface area contributed by atoms with Crippen LogP contribution in [0, 0.1) is 0 Å². The Bertz CT molecular complexity index is 852. The van der Waals surface area contributed by atoms with E-state index in [-0.39, 0.29) is 18.4 Å². The van der Waals surface area contributed by atoms with Gasteiger partial charge in [-0.1, -0.05) is 35.3 Å². The number of anilines is 3. The summed E-state index contributed by atoms with van der Waals surface area (Å²) < 4.78 is 0. The minimum Gasteiger partial charge on any atom is -0.370 e. The molecule has 5 nitrogen and oxygen atoms in total. The van der Waals surface area contributed by atoms with E-state index >= 15 is 0 Å². The Morgan fingerprint density at radius 2 is 1.92 bits per heavy atom. The van der Waals surface area contributed by atoms with E-state index in [1.165, 1.54) is 4.90 Å². The van der Waals surface area contributed by atoms with E-state index in [1.807, 2.05) is 18.2 Å². The molecule has 25 heavy (non-hydrogen) atoms. The first-order valence-corrected chi connectivity index (χ1v) is 8.47. The summed E-state index contributed by atoms with van der Waals surface area (Å²) in [4.78, 5) is 26.7. The smallest absolute Gasteiger partial charge is 0.252 e. The number of para-hydroxylation sites is 2. The molecule has 1 aliphatic rings. The average molecular weight is 378 g/mol. The fourth-order valence-electron chi connectivity index (χ4n) is 2.74. The fourth-order valence-corrected chi connectivity index (χ4v) is 3.07. The Morgan fingerprint density at radius 3 is 2.68 bits per heavy atom. The minimum absolute atomic E-state index is 0.121. The topological polar surface area (TPSA) is 61.4 Å². The van der Waals surface area contributed by atoms with Crippen LogP contribution in [0.5, 0.6) is 0 Å². The fraction of sp³-hybridized carbons (Fsp3) is 0.222. The van der Waals surface area contributed by atoms with E-state index < -0.39 is 5.54 Å². The molecular weight excluding hydrogens is 361 g/mol. The largest absolute Gasteiger partial charge is 0.370 e.